The Labute approximate surface area is 145 Å². The molecule has 0 aliphatic heterocycles. The Kier molecular flexibility index (Phi) is 6.05. The van der Waals surface area contributed by atoms with E-state index in [1.54, 1.807) is 38.3 Å². The third-order valence-electron chi connectivity index (χ3n) is 3.16. The summed E-state index contributed by atoms with van der Waals surface area (Å²) in [5, 5.41) is 9.14. The Balaban J connectivity index is 2.16. The summed E-state index contributed by atoms with van der Waals surface area (Å²) in [6.07, 6.45) is 0.0753. The first-order chi connectivity index (χ1) is 11.6. The maximum absolute atomic E-state index is 12.2. The number of nitriles is 1. The lowest BCUT2D eigenvalue weighted by Gasteiger charge is -2.12. The number of methoxy groups -OCH3 is 1. The Bertz CT molecular complexity index is 766. The zero-order chi connectivity index (χ0) is 17.5. The third-order valence-corrected chi connectivity index (χ3v) is 3.44. The number of carbonyl (C=O) groups is 1. The molecule has 0 aliphatic carbocycles. The summed E-state index contributed by atoms with van der Waals surface area (Å²) in [5.41, 5.74) is 1.11. The van der Waals surface area contributed by atoms with Crippen molar-refractivity contribution >= 4 is 17.6 Å². The molecule has 2 rings (SSSR count). The molecule has 0 fully saturated rings. The number of carbonyl (C=O) groups excluding carboxylic acids is 1. The van der Waals surface area contributed by atoms with Crippen LogP contribution in [-0.4, -0.2) is 19.7 Å². The van der Waals surface area contributed by atoms with Crippen molar-refractivity contribution in [2.75, 3.05) is 13.7 Å². The van der Waals surface area contributed by atoms with E-state index in [1.807, 2.05) is 6.07 Å². The molecule has 0 unspecified atom stereocenters. The molecule has 0 atom stereocenters. The van der Waals surface area contributed by atoms with E-state index in [4.69, 9.17) is 31.1 Å². The highest BCUT2D eigenvalue weighted by Gasteiger charge is 2.17. The van der Waals surface area contributed by atoms with Crippen LogP contribution in [-0.2, 0) is 11.2 Å². The number of hydrogen-bond donors (Lipinski definition) is 0. The average molecular weight is 346 g/mol. The highest BCUT2D eigenvalue weighted by Crippen LogP contribution is 2.36. The van der Waals surface area contributed by atoms with E-state index >= 15 is 0 Å². The van der Waals surface area contributed by atoms with Crippen LogP contribution in [0.3, 0.4) is 0 Å². The highest BCUT2D eigenvalue weighted by atomic mass is 35.5. The van der Waals surface area contributed by atoms with Crippen LogP contribution in [0.15, 0.2) is 36.4 Å². The van der Waals surface area contributed by atoms with Crippen LogP contribution in [0.4, 0.5) is 0 Å². The molecule has 0 heterocycles. The van der Waals surface area contributed by atoms with Gasteiger partial charge in [-0.2, -0.15) is 5.26 Å². The summed E-state index contributed by atoms with van der Waals surface area (Å²) in [5.74, 6) is 0.620. The summed E-state index contributed by atoms with van der Waals surface area (Å²) in [6.45, 7) is 2.14. The van der Waals surface area contributed by atoms with Gasteiger partial charge in [-0.25, -0.2) is 0 Å². The van der Waals surface area contributed by atoms with E-state index in [2.05, 4.69) is 0 Å². The van der Waals surface area contributed by atoms with Crippen molar-refractivity contribution < 1.29 is 19.0 Å². The number of hydrogen-bond acceptors (Lipinski definition) is 5. The van der Waals surface area contributed by atoms with Crippen molar-refractivity contribution in [1.29, 1.82) is 5.26 Å². The van der Waals surface area contributed by atoms with E-state index in [0.29, 0.717) is 17.9 Å². The Hall–Kier alpha value is -2.71. The quantitative estimate of drug-likeness (QED) is 0.589. The number of rotatable bonds is 6. The zero-order valence-corrected chi connectivity index (χ0v) is 14.1. The Morgan fingerprint density at radius 3 is 2.54 bits per heavy atom. The molecule has 0 amide bonds. The predicted octanol–water partition coefficient (Wildman–Crippen LogP) is 3.77. The van der Waals surface area contributed by atoms with Gasteiger partial charge in [0, 0.05) is 6.07 Å². The van der Waals surface area contributed by atoms with Crippen LogP contribution in [0.1, 0.15) is 18.1 Å². The summed E-state index contributed by atoms with van der Waals surface area (Å²) < 4.78 is 15.8. The van der Waals surface area contributed by atoms with E-state index in [9.17, 15) is 4.79 Å². The lowest BCUT2D eigenvalue weighted by Crippen LogP contribution is -2.12. The van der Waals surface area contributed by atoms with Crippen LogP contribution in [0, 0.1) is 11.3 Å². The lowest BCUT2D eigenvalue weighted by molar-refractivity contribution is -0.133. The molecule has 0 radical (unpaired) electrons. The molecule has 0 saturated carbocycles. The largest absolute Gasteiger partial charge is 0.497 e. The molecule has 0 saturated heterocycles. The molecule has 0 bridgehead atoms. The number of nitrogens with zero attached hydrogens (tertiary/aromatic N) is 1. The van der Waals surface area contributed by atoms with Gasteiger partial charge in [0.1, 0.15) is 5.75 Å². The lowest BCUT2D eigenvalue weighted by atomic mass is 10.1. The minimum atomic E-state index is -0.479. The first-order valence-electron chi connectivity index (χ1n) is 7.27. The summed E-state index contributed by atoms with van der Waals surface area (Å²) in [4.78, 5) is 12.2. The molecule has 2 aromatic rings. The van der Waals surface area contributed by atoms with Crippen molar-refractivity contribution in [1.82, 2.24) is 0 Å². The van der Waals surface area contributed by atoms with Gasteiger partial charge in [0.25, 0.3) is 0 Å². The van der Waals surface area contributed by atoms with Gasteiger partial charge >= 0.3 is 5.97 Å². The zero-order valence-electron chi connectivity index (χ0n) is 13.3. The van der Waals surface area contributed by atoms with Gasteiger partial charge < -0.3 is 14.2 Å². The standard InChI is InChI=1S/C18H16ClNO4/c1-3-23-16-9-13(11-20)8-15(19)18(16)24-17(21)10-12-4-6-14(22-2)7-5-12/h4-9H,3,10H2,1-2H3. The van der Waals surface area contributed by atoms with Gasteiger partial charge in [0.05, 0.1) is 36.8 Å². The van der Waals surface area contributed by atoms with Gasteiger partial charge in [-0.3, -0.25) is 4.79 Å². The van der Waals surface area contributed by atoms with E-state index in [-0.39, 0.29) is 22.9 Å². The summed E-state index contributed by atoms with van der Waals surface area (Å²) in [7, 11) is 1.57. The minimum Gasteiger partial charge on any atom is -0.497 e. The van der Waals surface area contributed by atoms with Crippen LogP contribution in [0.2, 0.25) is 5.02 Å². The second-order valence-electron chi connectivity index (χ2n) is 4.83. The monoisotopic (exact) mass is 345 g/mol. The molecule has 0 aromatic heterocycles. The highest BCUT2D eigenvalue weighted by molar-refractivity contribution is 6.32. The second kappa shape index (κ2) is 8.23. The smallest absolute Gasteiger partial charge is 0.315 e. The molecule has 24 heavy (non-hydrogen) atoms. The molecule has 0 aliphatic rings. The van der Waals surface area contributed by atoms with Crippen molar-refractivity contribution in [3.05, 3.63) is 52.5 Å². The van der Waals surface area contributed by atoms with Crippen molar-refractivity contribution in [2.24, 2.45) is 0 Å². The van der Waals surface area contributed by atoms with Gasteiger partial charge in [-0.1, -0.05) is 23.7 Å². The fourth-order valence-corrected chi connectivity index (χ4v) is 2.30. The molecule has 6 heteroatoms. The number of ether oxygens (including phenoxy) is 3. The van der Waals surface area contributed by atoms with E-state index in [0.717, 1.165) is 5.56 Å². The fourth-order valence-electron chi connectivity index (χ4n) is 2.05. The van der Waals surface area contributed by atoms with Crippen LogP contribution in [0.25, 0.3) is 0 Å². The summed E-state index contributed by atoms with van der Waals surface area (Å²) in [6, 6.07) is 12.0. The Morgan fingerprint density at radius 1 is 1.25 bits per heavy atom. The first kappa shape index (κ1) is 17.6. The molecular weight excluding hydrogens is 330 g/mol. The number of halogens is 1. The van der Waals surface area contributed by atoms with Crippen molar-refractivity contribution in [3.63, 3.8) is 0 Å². The maximum atomic E-state index is 12.2. The predicted molar refractivity (Wildman–Crippen MR) is 89.7 cm³/mol. The topological polar surface area (TPSA) is 68.5 Å². The van der Waals surface area contributed by atoms with E-state index < -0.39 is 5.97 Å². The Morgan fingerprint density at radius 2 is 1.96 bits per heavy atom. The maximum Gasteiger partial charge on any atom is 0.315 e. The normalized spacial score (nSPS) is 9.92. The van der Waals surface area contributed by atoms with Crippen LogP contribution in [0.5, 0.6) is 17.2 Å². The SMILES string of the molecule is CCOc1cc(C#N)cc(Cl)c1OC(=O)Cc1ccc(OC)cc1. The number of esters is 1. The van der Waals surface area contributed by atoms with Crippen molar-refractivity contribution in [3.8, 4) is 23.3 Å². The van der Waals surface area contributed by atoms with Gasteiger partial charge in [0.15, 0.2) is 11.5 Å². The van der Waals surface area contributed by atoms with E-state index in [1.165, 1.54) is 12.1 Å². The van der Waals surface area contributed by atoms with Gasteiger partial charge in [0.2, 0.25) is 0 Å². The second-order valence-corrected chi connectivity index (χ2v) is 5.24. The van der Waals surface area contributed by atoms with Crippen LogP contribution < -0.4 is 14.2 Å². The fraction of sp³-hybridized carbons (Fsp3) is 0.222. The molecular formula is C18H16ClNO4. The molecule has 0 N–H and O–H groups in total. The number of benzene rings is 2. The molecule has 5 nitrogen and oxygen atoms in total. The third kappa shape index (κ3) is 4.40. The average Bonchev–Trinajstić information content (AvgIpc) is 2.58. The molecule has 0 spiro atoms. The minimum absolute atomic E-state index is 0.0753. The summed E-state index contributed by atoms with van der Waals surface area (Å²) >= 11 is 6.11. The molecule has 2 aromatic carbocycles. The first-order valence-corrected chi connectivity index (χ1v) is 7.65. The van der Waals surface area contributed by atoms with Crippen molar-refractivity contribution in [2.45, 2.75) is 13.3 Å². The van der Waals surface area contributed by atoms with Gasteiger partial charge in [-0.05, 0) is 30.7 Å². The van der Waals surface area contributed by atoms with Crippen LogP contribution >= 0.6 is 11.6 Å². The van der Waals surface area contributed by atoms with Gasteiger partial charge in [-0.15, -0.1) is 0 Å². The molecule has 124 valence electrons.